The minimum atomic E-state index is -4.40. The van der Waals surface area contributed by atoms with E-state index in [9.17, 15) is 22.8 Å². The summed E-state index contributed by atoms with van der Waals surface area (Å²) in [5, 5.41) is 9.55. The third-order valence-electron chi connectivity index (χ3n) is 7.51. The molecule has 1 heterocycles. The lowest BCUT2D eigenvalue weighted by molar-refractivity contribution is -0.137. The maximum atomic E-state index is 13.4. The van der Waals surface area contributed by atoms with E-state index in [1.807, 2.05) is 37.3 Å². The van der Waals surface area contributed by atoms with E-state index in [4.69, 9.17) is 5.84 Å². The van der Waals surface area contributed by atoms with E-state index in [1.54, 1.807) is 0 Å². The van der Waals surface area contributed by atoms with Crippen LogP contribution in [0.25, 0.3) is 0 Å². The molecule has 0 fully saturated rings. The van der Waals surface area contributed by atoms with Crippen LogP contribution in [0.3, 0.4) is 0 Å². The van der Waals surface area contributed by atoms with E-state index in [-0.39, 0.29) is 29.5 Å². The molecule has 1 aliphatic heterocycles. The summed E-state index contributed by atoms with van der Waals surface area (Å²) in [6, 6.07) is 13.8. The van der Waals surface area contributed by atoms with Crippen molar-refractivity contribution in [3.8, 4) is 0 Å². The van der Waals surface area contributed by atoms with Crippen LogP contribution in [0.15, 0.2) is 58.1 Å². The molecule has 0 aromatic heterocycles. The van der Waals surface area contributed by atoms with Gasteiger partial charge in [0.25, 0.3) is 10.9 Å². The molecule has 0 saturated heterocycles. The van der Waals surface area contributed by atoms with Gasteiger partial charge in [-0.05, 0) is 59.9 Å². The molecule has 0 spiro atoms. The Bertz CT molecular complexity index is 1300. The van der Waals surface area contributed by atoms with Crippen LogP contribution in [0.2, 0.25) is 0 Å². The second kappa shape index (κ2) is 11.6. The quantitative estimate of drug-likeness (QED) is 0.107. The van der Waals surface area contributed by atoms with Crippen molar-refractivity contribution >= 4 is 17.1 Å². The smallest absolute Gasteiger partial charge is 0.380 e. The summed E-state index contributed by atoms with van der Waals surface area (Å²) in [6.07, 6.45) is -2.84. The normalized spacial score (nSPS) is 20.0. The lowest BCUT2D eigenvalue weighted by Gasteiger charge is -2.40. The summed E-state index contributed by atoms with van der Waals surface area (Å²) in [6.45, 7) is 5.40. The van der Waals surface area contributed by atoms with Gasteiger partial charge in [-0.25, -0.2) is 0 Å². The fourth-order valence-electron chi connectivity index (χ4n) is 5.29. The van der Waals surface area contributed by atoms with Crippen molar-refractivity contribution in [3.05, 3.63) is 85.7 Å². The first kappa shape index (κ1) is 27.7. The molecule has 6 N–H and O–H groups in total. The second-order valence-corrected chi connectivity index (χ2v) is 10.1. The van der Waals surface area contributed by atoms with Crippen LogP contribution in [-0.2, 0) is 6.18 Å². The van der Waals surface area contributed by atoms with Crippen molar-refractivity contribution in [1.82, 2.24) is 5.43 Å². The molecule has 10 heteroatoms. The lowest BCUT2D eigenvalue weighted by Crippen LogP contribution is -2.39. The molecule has 4 rings (SSSR count). The van der Waals surface area contributed by atoms with Gasteiger partial charge in [0.1, 0.15) is 11.4 Å². The van der Waals surface area contributed by atoms with Crippen molar-refractivity contribution in [2.75, 3.05) is 35.6 Å². The molecule has 3 aromatic carbocycles. The molecule has 0 saturated carbocycles. The summed E-state index contributed by atoms with van der Waals surface area (Å²) in [5.74, 6) is 5.36. The van der Waals surface area contributed by atoms with Gasteiger partial charge in [-0.3, -0.25) is 20.9 Å². The Hall–Kier alpha value is -3.37. The fourth-order valence-corrected chi connectivity index (χ4v) is 5.29. The first-order chi connectivity index (χ1) is 18.1. The number of fused-ring (bicyclic) bond motifs is 1. The summed E-state index contributed by atoms with van der Waals surface area (Å²) < 4.78 is 40.3. The number of nitrogens with two attached hydrogens (primary N) is 1. The maximum Gasteiger partial charge on any atom is 0.416 e. The molecule has 4 atom stereocenters. The number of hydrogen-bond donors (Lipinski definition) is 5. The number of nitrogens with one attached hydrogen (secondary N) is 4. The largest absolute Gasteiger partial charge is 0.416 e. The number of alkyl halides is 3. The summed E-state index contributed by atoms with van der Waals surface area (Å²) in [7, 11) is 0. The Kier molecular flexibility index (Phi) is 8.42. The van der Waals surface area contributed by atoms with Crippen LogP contribution < -0.4 is 38.1 Å². The number of rotatable bonds is 11. The Balaban J connectivity index is 1.47. The molecule has 7 nitrogen and oxygen atoms in total. The van der Waals surface area contributed by atoms with Crippen LogP contribution >= 0.6 is 0 Å². The molecule has 38 heavy (non-hydrogen) atoms. The fraction of sp³-hybridized carbons (Fsp3) is 0.429. The molecule has 0 aliphatic carbocycles. The van der Waals surface area contributed by atoms with Crippen LogP contribution in [0.1, 0.15) is 55.3 Å². The van der Waals surface area contributed by atoms with Crippen molar-refractivity contribution < 1.29 is 13.2 Å². The number of halogens is 3. The van der Waals surface area contributed by atoms with Crippen LogP contribution in [-0.4, -0.2) is 19.6 Å². The maximum absolute atomic E-state index is 13.4. The molecule has 0 unspecified atom stereocenters. The first-order valence-electron chi connectivity index (χ1n) is 12.9. The standard InChI is InChI=1S/C28H34F3N5O2/c1-16(15-34-25-24(26(37)27(25)38)33-12-13-35-32)8-10-20-17(2)21-14-19(28(29,30)31)9-11-22(21)36-23(20)18-6-4-3-5-7-18/h3-7,9,11,14,16-17,20,23,33-36H,8,10,12-13,15,32H2,1-2H3/t16-,17+,20-,23+/m1/s1. The topological polar surface area (TPSA) is 108 Å². The van der Waals surface area contributed by atoms with Gasteiger partial charge in [-0.1, -0.05) is 44.2 Å². The molecule has 0 amide bonds. The van der Waals surface area contributed by atoms with Crippen molar-refractivity contribution in [1.29, 1.82) is 0 Å². The van der Waals surface area contributed by atoms with Gasteiger partial charge < -0.3 is 16.0 Å². The molecule has 0 radical (unpaired) electrons. The van der Waals surface area contributed by atoms with Gasteiger partial charge in [0.2, 0.25) is 0 Å². The minimum absolute atomic E-state index is 0.0453. The van der Waals surface area contributed by atoms with Gasteiger partial charge in [-0.15, -0.1) is 0 Å². The van der Waals surface area contributed by atoms with Crippen molar-refractivity contribution in [2.45, 2.75) is 44.8 Å². The van der Waals surface area contributed by atoms with E-state index in [0.29, 0.717) is 30.9 Å². The van der Waals surface area contributed by atoms with Crippen LogP contribution in [0, 0.1) is 11.8 Å². The minimum Gasteiger partial charge on any atom is -0.380 e. The molecule has 204 valence electrons. The average Bonchev–Trinajstić information content (AvgIpc) is 2.91. The van der Waals surface area contributed by atoms with E-state index >= 15 is 0 Å². The summed E-state index contributed by atoms with van der Waals surface area (Å²) >= 11 is 0. The van der Waals surface area contributed by atoms with E-state index < -0.39 is 22.6 Å². The monoisotopic (exact) mass is 529 g/mol. The lowest BCUT2D eigenvalue weighted by atomic mass is 9.73. The molecule has 0 bridgehead atoms. The zero-order valence-corrected chi connectivity index (χ0v) is 21.5. The first-order valence-corrected chi connectivity index (χ1v) is 12.9. The average molecular weight is 530 g/mol. The Morgan fingerprint density at radius 1 is 1.00 bits per heavy atom. The predicted molar refractivity (Wildman–Crippen MR) is 145 cm³/mol. The molecular formula is C28H34F3N5O2. The summed E-state index contributed by atoms with van der Waals surface area (Å²) in [5.41, 5.74) is 3.84. The SMILES string of the molecule is C[C@H](CC[C@@H]1[C@H](C)c2cc(C(F)(F)F)ccc2N[C@H]1c1ccccc1)CNc1c(NCCNN)c(=O)c1=O. The highest BCUT2D eigenvalue weighted by Crippen LogP contribution is 2.48. The van der Waals surface area contributed by atoms with Crippen LogP contribution in [0.4, 0.5) is 30.2 Å². The molecule has 1 aliphatic rings. The Labute approximate surface area is 219 Å². The highest BCUT2D eigenvalue weighted by molar-refractivity contribution is 5.74. The number of benzene rings is 2. The van der Waals surface area contributed by atoms with E-state index in [2.05, 4.69) is 28.3 Å². The zero-order chi connectivity index (χ0) is 27.4. The zero-order valence-electron chi connectivity index (χ0n) is 21.5. The highest BCUT2D eigenvalue weighted by Gasteiger charge is 2.37. The second-order valence-electron chi connectivity index (χ2n) is 10.1. The third-order valence-corrected chi connectivity index (χ3v) is 7.51. The highest BCUT2D eigenvalue weighted by atomic mass is 19.4. The van der Waals surface area contributed by atoms with Gasteiger partial charge in [0.15, 0.2) is 0 Å². The van der Waals surface area contributed by atoms with Crippen LogP contribution in [0.5, 0.6) is 0 Å². The number of hydrogen-bond acceptors (Lipinski definition) is 7. The number of anilines is 3. The van der Waals surface area contributed by atoms with Gasteiger partial charge in [0, 0.05) is 25.3 Å². The van der Waals surface area contributed by atoms with E-state index in [0.717, 1.165) is 30.2 Å². The Morgan fingerprint density at radius 2 is 1.68 bits per heavy atom. The third kappa shape index (κ3) is 5.86. The summed E-state index contributed by atoms with van der Waals surface area (Å²) in [4.78, 5) is 23.9. The van der Waals surface area contributed by atoms with Crippen molar-refractivity contribution in [2.24, 2.45) is 17.7 Å². The van der Waals surface area contributed by atoms with Gasteiger partial charge >= 0.3 is 6.18 Å². The molecular weight excluding hydrogens is 495 g/mol. The Morgan fingerprint density at radius 3 is 2.34 bits per heavy atom. The van der Waals surface area contributed by atoms with Crippen molar-refractivity contribution in [3.63, 3.8) is 0 Å². The predicted octanol–water partition coefficient (Wildman–Crippen LogP) is 4.59. The number of hydrazine groups is 1. The van der Waals surface area contributed by atoms with Gasteiger partial charge in [0.05, 0.1) is 11.6 Å². The molecule has 3 aromatic rings. The van der Waals surface area contributed by atoms with E-state index in [1.165, 1.54) is 12.1 Å². The van der Waals surface area contributed by atoms with Gasteiger partial charge in [-0.2, -0.15) is 13.2 Å².